The van der Waals surface area contributed by atoms with Gasteiger partial charge in [-0.15, -0.1) is 0 Å². The first-order chi connectivity index (χ1) is 8.33. The molecule has 0 radical (unpaired) electrons. The molecule has 0 saturated heterocycles. The van der Waals surface area contributed by atoms with Gasteiger partial charge in [0.2, 0.25) is 0 Å². The van der Waals surface area contributed by atoms with Crippen molar-refractivity contribution in [3.63, 3.8) is 0 Å². The summed E-state index contributed by atoms with van der Waals surface area (Å²) in [6.45, 7) is 1.38. The van der Waals surface area contributed by atoms with Gasteiger partial charge in [-0.2, -0.15) is 5.10 Å². The third-order valence-electron chi connectivity index (χ3n) is 3.06. The van der Waals surface area contributed by atoms with Crippen LogP contribution < -0.4 is 0 Å². The lowest BCUT2D eigenvalue weighted by atomic mass is 9.98. The molecule has 1 atom stereocenters. The number of fused-ring (bicyclic) bond motifs is 1. The van der Waals surface area contributed by atoms with E-state index in [0.29, 0.717) is 6.54 Å². The van der Waals surface area contributed by atoms with Gasteiger partial charge in [0, 0.05) is 0 Å². The van der Waals surface area contributed by atoms with Crippen molar-refractivity contribution in [1.82, 2.24) is 9.78 Å². The normalized spacial score (nSPS) is 18.9. The van der Waals surface area contributed by atoms with Gasteiger partial charge in [-0.3, -0.25) is 4.68 Å². The lowest BCUT2D eigenvalue weighted by Gasteiger charge is -2.25. The summed E-state index contributed by atoms with van der Waals surface area (Å²) in [4.78, 5) is 0. The maximum absolute atomic E-state index is 9.25. The number of hydrogen-bond donors (Lipinski definition) is 1. The molecule has 1 N–H and O–H groups in total. The summed E-state index contributed by atoms with van der Waals surface area (Å²) in [6, 6.07) is 8.33. The molecular formula is C13H14N2O2. The van der Waals surface area contributed by atoms with Crippen LogP contribution in [0.4, 0.5) is 0 Å². The lowest BCUT2D eigenvalue weighted by Crippen LogP contribution is -2.20. The van der Waals surface area contributed by atoms with Gasteiger partial charge in [-0.05, 0) is 17.5 Å². The Morgan fingerprint density at radius 3 is 3.12 bits per heavy atom. The van der Waals surface area contributed by atoms with Crippen molar-refractivity contribution in [1.29, 1.82) is 0 Å². The second-order valence-corrected chi connectivity index (χ2v) is 4.23. The molecule has 88 valence electrons. The van der Waals surface area contributed by atoms with Crippen molar-refractivity contribution in [2.24, 2.45) is 0 Å². The molecule has 2 aromatic rings. The van der Waals surface area contributed by atoms with E-state index in [0.717, 1.165) is 13.0 Å². The first kappa shape index (κ1) is 10.4. The summed E-state index contributed by atoms with van der Waals surface area (Å²) in [5, 5.41) is 13.3. The van der Waals surface area contributed by atoms with Gasteiger partial charge in [0.15, 0.2) is 5.75 Å². The number of ether oxygens (including phenoxy) is 1. The van der Waals surface area contributed by atoms with E-state index >= 15 is 0 Å². The topological polar surface area (TPSA) is 47.3 Å². The summed E-state index contributed by atoms with van der Waals surface area (Å²) in [5.74, 6) is 0.189. The number of rotatable bonds is 2. The molecule has 3 rings (SSSR count). The number of aromatic hydroxyl groups is 1. The molecule has 4 nitrogen and oxygen atoms in total. The average molecular weight is 230 g/mol. The molecule has 0 amide bonds. The van der Waals surface area contributed by atoms with Crippen LogP contribution in [0.15, 0.2) is 36.7 Å². The molecule has 1 aromatic heterocycles. The smallest absolute Gasteiger partial charge is 0.153 e. The number of aromatic nitrogens is 2. The molecule has 0 spiro atoms. The van der Waals surface area contributed by atoms with Crippen LogP contribution in [0, 0.1) is 0 Å². The van der Waals surface area contributed by atoms with Gasteiger partial charge in [-0.25, -0.2) is 0 Å². The Morgan fingerprint density at radius 2 is 2.29 bits per heavy atom. The Bertz CT molecular complexity index is 522. The molecular weight excluding hydrogens is 216 g/mol. The predicted octanol–water partition coefficient (Wildman–Crippen LogP) is 1.90. The lowest BCUT2D eigenvalue weighted by molar-refractivity contribution is 0.0282. The van der Waals surface area contributed by atoms with E-state index in [-0.39, 0.29) is 11.9 Å². The summed E-state index contributed by atoms with van der Waals surface area (Å²) >= 11 is 0. The van der Waals surface area contributed by atoms with E-state index in [2.05, 4.69) is 23.3 Å². The third kappa shape index (κ3) is 2.03. The summed E-state index contributed by atoms with van der Waals surface area (Å²) in [5.41, 5.74) is 2.58. The van der Waals surface area contributed by atoms with Gasteiger partial charge < -0.3 is 9.84 Å². The summed E-state index contributed by atoms with van der Waals surface area (Å²) in [7, 11) is 0. The largest absolute Gasteiger partial charge is 0.505 e. The molecule has 17 heavy (non-hydrogen) atoms. The molecule has 0 bridgehead atoms. The van der Waals surface area contributed by atoms with Crippen LogP contribution in [0.25, 0.3) is 0 Å². The SMILES string of the molecule is Oc1cnn(CC2OCCc3ccccc32)c1. The maximum atomic E-state index is 9.25. The predicted molar refractivity (Wildman–Crippen MR) is 62.7 cm³/mol. The molecule has 0 aliphatic carbocycles. The van der Waals surface area contributed by atoms with E-state index < -0.39 is 0 Å². The van der Waals surface area contributed by atoms with Crippen LogP contribution in [-0.4, -0.2) is 21.5 Å². The Labute approximate surface area is 99.5 Å². The molecule has 1 unspecified atom stereocenters. The minimum atomic E-state index is 0.0271. The highest BCUT2D eigenvalue weighted by Crippen LogP contribution is 2.28. The van der Waals surface area contributed by atoms with Crippen LogP contribution >= 0.6 is 0 Å². The van der Waals surface area contributed by atoms with E-state index in [1.54, 1.807) is 10.9 Å². The Balaban J connectivity index is 1.85. The first-order valence-electron chi connectivity index (χ1n) is 5.74. The zero-order valence-corrected chi connectivity index (χ0v) is 9.41. The quantitative estimate of drug-likeness (QED) is 0.857. The molecule has 0 saturated carbocycles. The highest BCUT2D eigenvalue weighted by atomic mass is 16.5. The van der Waals surface area contributed by atoms with E-state index in [9.17, 15) is 5.11 Å². The van der Waals surface area contributed by atoms with Crippen molar-refractivity contribution in [3.8, 4) is 5.75 Å². The van der Waals surface area contributed by atoms with Gasteiger partial charge in [-0.1, -0.05) is 24.3 Å². The van der Waals surface area contributed by atoms with Crippen molar-refractivity contribution in [2.45, 2.75) is 19.1 Å². The third-order valence-corrected chi connectivity index (χ3v) is 3.06. The second-order valence-electron chi connectivity index (χ2n) is 4.23. The maximum Gasteiger partial charge on any atom is 0.153 e. The van der Waals surface area contributed by atoms with Gasteiger partial charge in [0.05, 0.1) is 25.5 Å². The highest BCUT2D eigenvalue weighted by molar-refractivity contribution is 5.30. The van der Waals surface area contributed by atoms with E-state index in [1.807, 2.05) is 6.07 Å². The Kier molecular flexibility index (Phi) is 2.57. The first-order valence-corrected chi connectivity index (χ1v) is 5.74. The van der Waals surface area contributed by atoms with E-state index in [4.69, 9.17) is 4.74 Å². The monoisotopic (exact) mass is 230 g/mol. The molecule has 2 heterocycles. The fourth-order valence-corrected chi connectivity index (χ4v) is 2.25. The van der Waals surface area contributed by atoms with Crippen molar-refractivity contribution in [2.75, 3.05) is 6.61 Å². The number of hydrogen-bond acceptors (Lipinski definition) is 3. The summed E-state index contributed by atoms with van der Waals surface area (Å²) < 4.78 is 7.49. The number of nitrogens with zero attached hydrogens (tertiary/aromatic N) is 2. The van der Waals surface area contributed by atoms with Crippen LogP contribution in [-0.2, 0) is 17.7 Å². The molecule has 1 aliphatic rings. The molecule has 1 aromatic carbocycles. The highest BCUT2D eigenvalue weighted by Gasteiger charge is 2.20. The zero-order chi connectivity index (χ0) is 11.7. The van der Waals surface area contributed by atoms with Gasteiger partial charge >= 0.3 is 0 Å². The molecule has 0 fully saturated rings. The fraction of sp³-hybridized carbons (Fsp3) is 0.308. The molecule has 1 aliphatic heterocycles. The van der Waals surface area contributed by atoms with Crippen molar-refractivity contribution >= 4 is 0 Å². The van der Waals surface area contributed by atoms with Crippen molar-refractivity contribution < 1.29 is 9.84 Å². The number of benzene rings is 1. The van der Waals surface area contributed by atoms with Crippen LogP contribution in [0.5, 0.6) is 5.75 Å². The van der Waals surface area contributed by atoms with E-state index in [1.165, 1.54) is 17.3 Å². The standard InChI is InChI=1S/C13H14N2O2/c16-11-7-14-15(8-11)9-13-12-4-2-1-3-10(12)5-6-17-13/h1-4,7-8,13,16H,5-6,9H2. The van der Waals surface area contributed by atoms with Crippen LogP contribution in [0.3, 0.4) is 0 Å². The zero-order valence-electron chi connectivity index (χ0n) is 9.41. The van der Waals surface area contributed by atoms with Gasteiger partial charge in [0.1, 0.15) is 6.10 Å². The second kappa shape index (κ2) is 4.22. The van der Waals surface area contributed by atoms with Gasteiger partial charge in [0.25, 0.3) is 0 Å². The van der Waals surface area contributed by atoms with Crippen molar-refractivity contribution in [3.05, 3.63) is 47.8 Å². The Hall–Kier alpha value is -1.81. The Morgan fingerprint density at radius 1 is 1.41 bits per heavy atom. The minimum absolute atomic E-state index is 0.0271. The molecule has 4 heteroatoms. The fourth-order valence-electron chi connectivity index (χ4n) is 2.25. The van der Waals surface area contributed by atoms with Crippen LogP contribution in [0.2, 0.25) is 0 Å². The average Bonchev–Trinajstić information content (AvgIpc) is 2.75. The minimum Gasteiger partial charge on any atom is -0.505 e. The summed E-state index contributed by atoms with van der Waals surface area (Å²) in [6.07, 6.45) is 4.05. The van der Waals surface area contributed by atoms with Crippen LogP contribution in [0.1, 0.15) is 17.2 Å².